The van der Waals surface area contributed by atoms with Crippen LogP contribution in [0.1, 0.15) is 47.2 Å². The number of para-hydroxylation sites is 1. The van der Waals surface area contributed by atoms with Crippen molar-refractivity contribution in [3.05, 3.63) is 57.0 Å². The van der Waals surface area contributed by atoms with E-state index < -0.39 is 24.5 Å². The zero-order valence-corrected chi connectivity index (χ0v) is 20.6. The highest BCUT2D eigenvalue weighted by atomic mass is 32.1. The van der Waals surface area contributed by atoms with Crippen molar-refractivity contribution in [2.45, 2.75) is 46.1 Å². The summed E-state index contributed by atoms with van der Waals surface area (Å²) in [6.45, 7) is 3.32. The van der Waals surface area contributed by atoms with Crippen molar-refractivity contribution >= 4 is 45.1 Å². The van der Waals surface area contributed by atoms with Crippen molar-refractivity contribution in [3.63, 3.8) is 0 Å². The van der Waals surface area contributed by atoms with Gasteiger partial charge in [-0.15, -0.1) is 11.3 Å². The first kappa shape index (κ1) is 24.6. The second-order valence-corrected chi connectivity index (χ2v) is 9.23. The van der Waals surface area contributed by atoms with Crippen LogP contribution in [0.2, 0.25) is 0 Å². The second-order valence-electron chi connectivity index (χ2n) is 8.23. The topological polar surface area (TPSA) is 108 Å². The Morgan fingerprint density at radius 2 is 1.89 bits per heavy atom. The predicted octanol–water partition coefficient (Wildman–Crippen LogP) is 3.25. The zero-order chi connectivity index (χ0) is 24.9. The summed E-state index contributed by atoms with van der Waals surface area (Å²) in [7, 11) is 0. The molecule has 1 amide bonds. The van der Waals surface area contributed by atoms with Crippen molar-refractivity contribution in [1.29, 1.82) is 0 Å². The first-order chi connectivity index (χ1) is 16.9. The summed E-state index contributed by atoms with van der Waals surface area (Å²) >= 11 is 1.10. The van der Waals surface area contributed by atoms with E-state index in [4.69, 9.17) is 9.47 Å². The Bertz CT molecular complexity index is 1310. The van der Waals surface area contributed by atoms with Crippen molar-refractivity contribution in [2.24, 2.45) is 0 Å². The maximum Gasteiger partial charge on any atom is 0.349 e. The van der Waals surface area contributed by atoms with Crippen LogP contribution in [-0.4, -0.2) is 47.2 Å². The quantitative estimate of drug-likeness (QED) is 0.461. The molecule has 0 fully saturated rings. The highest BCUT2D eigenvalue weighted by Gasteiger charge is 2.25. The molecule has 9 nitrogen and oxygen atoms in total. The van der Waals surface area contributed by atoms with E-state index in [9.17, 15) is 19.2 Å². The largest absolute Gasteiger partial charge is 0.465 e. The molecule has 1 aliphatic rings. The lowest BCUT2D eigenvalue weighted by atomic mass is 10.2. The van der Waals surface area contributed by atoms with Crippen molar-refractivity contribution in [3.8, 4) is 0 Å². The molecule has 0 atom stereocenters. The lowest BCUT2D eigenvalue weighted by molar-refractivity contribution is -0.142. The molecule has 0 spiro atoms. The molecule has 4 rings (SSSR count). The molecule has 0 saturated carbocycles. The van der Waals surface area contributed by atoms with Crippen LogP contribution in [-0.2, 0) is 32.0 Å². The lowest BCUT2D eigenvalue weighted by Crippen LogP contribution is -2.39. The number of aryl methyl sites for hydroxylation is 2. The van der Waals surface area contributed by atoms with Gasteiger partial charge in [-0.3, -0.25) is 23.9 Å². The van der Waals surface area contributed by atoms with Gasteiger partial charge in [-0.25, -0.2) is 9.78 Å². The van der Waals surface area contributed by atoms with Crippen LogP contribution < -0.4 is 10.5 Å². The van der Waals surface area contributed by atoms with E-state index in [1.807, 2.05) is 0 Å². The molecule has 0 N–H and O–H groups in total. The summed E-state index contributed by atoms with van der Waals surface area (Å²) < 4.78 is 12.0. The van der Waals surface area contributed by atoms with Crippen LogP contribution in [0.5, 0.6) is 0 Å². The number of fused-ring (bicyclic) bond motifs is 2. The molecular formula is C25H27N3O6S. The Morgan fingerprint density at radius 1 is 1.11 bits per heavy atom. The Labute approximate surface area is 206 Å². The van der Waals surface area contributed by atoms with Gasteiger partial charge in [-0.05, 0) is 44.4 Å². The third-order valence-corrected chi connectivity index (χ3v) is 7.05. The summed E-state index contributed by atoms with van der Waals surface area (Å²) in [4.78, 5) is 57.6. The van der Waals surface area contributed by atoms with Gasteiger partial charge in [0.1, 0.15) is 22.1 Å². The molecule has 0 radical (unpaired) electrons. The van der Waals surface area contributed by atoms with Gasteiger partial charge in [0.05, 0.1) is 12.0 Å². The summed E-state index contributed by atoms with van der Waals surface area (Å²) in [5.41, 5.74) is 0.852. The van der Waals surface area contributed by atoms with Crippen molar-refractivity contribution in [1.82, 2.24) is 9.55 Å². The van der Waals surface area contributed by atoms with Crippen LogP contribution in [0.4, 0.5) is 5.69 Å². The number of benzene rings is 1. The SMILES string of the molecule is CCOC(=O)CN(C(=O)COC(=O)c1sc2nc3n(c(=O)c2c1C)CCCCC3)c1ccccc1. The van der Waals surface area contributed by atoms with Gasteiger partial charge in [-0.2, -0.15) is 0 Å². The first-order valence-corrected chi connectivity index (χ1v) is 12.4. The van der Waals surface area contributed by atoms with E-state index in [1.54, 1.807) is 48.7 Å². The molecule has 35 heavy (non-hydrogen) atoms. The molecular weight excluding hydrogens is 470 g/mol. The number of thiophene rings is 1. The number of carbonyl (C=O) groups excluding carboxylic acids is 3. The molecule has 0 bridgehead atoms. The fourth-order valence-electron chi connectivity index (χ4n) is 4.14. The molecule has 1 aromatic carbocycles. The van der Waals surface area contributed by atoms with Crippen LogP contribution in [0.15, 0.2) is 35.1 Å². The Morgan fingerprint density at radius 3 is 2.63 bits per heavy atom. The smallest absolute Gasteiger partial charge is 0.349 e. The fraction of sp³-hybridized carbons (Fsp3) is 0.400. The van der Waals surface area contributed by atoms with E-state index in [0.717, 1.165) is 42.8 Å². The van der Waals surface area contributed by atoms with Crippen molar-refractivity contribution in [2.75, 3.05) is 24.7 Å². The third kappa shape index (κ3) is 5.27. The number of nitrogens with zero attached hydrogens (tertiary/aromatic N) is 3. The number of rotatable bonds is 7. The minimum absolute atomic E-state index is 0.138. The molecule has 0 unspecified atom stereocenters. The molecule has 2 aromatic heterocycles. The summed E-state index contributed by atoms with van der Waals surface area (Å²) in [6, 6.07) is 8.62. The second kappa shape index (κ2) is 10.8. The Balaban J connectivity index is 1.54. The molecule has 1 aliphatic heterocycles. The maximum atomic E-state index is 13.1. The normalized spacial score (nSPS) is 13.1. The fourth-order valence-corrected chi connectivity index (χ4v) is 5.23. The lowest BCUT2D eigenvalue weighted by Gasteiger charge is -2.21. The number of carbonyl (C=O) groups is 3. The van der Waals surface area contributed by atoms with E-state index in [2.05, 4.69) is 4.98 Å². The Kier molecular flexibility index (Phi) is 7.60. The number of hydrogen-bond acceptors (Lipinski definition) is 8. The average molecular weight is 498 g/mol. The molecule has 0 saturated heterocycles. The van der Waals surface area contributed by atoms with Crippen LogP contribution in [0.25, 0.3) is 10.2 Å². The minimum atomic E-state index is -0.706. The Hall–Kier alpha value is -3.53. The zero-order valence-electron chi connectivity index (χ0n) is 19.7. The summed E-state index contributed by atoms with van der Waals surface area (Å²) in [5.74, 6) is -1.10. The monoisotopic (exact) mass is 497 g/mol. The summed E-state index contributed by atoms with van der Waals surface area (Å²) in [6.07, 6.45) is 3.68. The van der Waals surface area contributed by atoms with E-state index in [1.165, 1.54) is 4.90 Å². The number of aromatic nitrogens is 2. The van der Waals surface area contributed by atoms with Gasteiger partial charge >= 0.3 is 11.9 Å². The van der Waals surface area contributed by atoms with Gasteiger partial charge in [-0.1, -0.05) is 24.6 Å². The van der Waals surface area contributed by atoms with Crippen LogP contribution >= 0.6 is 11.3 Å². The number of amides is 1. The third-order valence-electron chi connectivity index (χ3n) is 5.89. The standard InChI is InChI=1S/C25H27N3O6S/c1-3-33-20(30)14-28(17-10-6-4-7-11-17)19(29)15-34-25(32)22-16(2)21-23(35-22)26-18-12-8-5-9-13-27(18)24(21)31/h4,6-7,10-11H,3,5,8-9,12-15H2,1-2H3. The van der Waals surface area contributed by atoms with Gasteiger partial charge in [0.15, 0.2) is 6.61 Å². The van der Waals surface area contributed by atoms with E-state index in [0.29, 0.717) is 28.0 Å². The van der Waals surface area contributed by atoms with E-state index >= 15 is 0 Å². The van der Waals surface area contributed by atoms with Gasteiger partial charge in [0.2, 0.25) is 0 Å². The highest BCUT2D eigenvalue weighted by molar-refractivity contribution is 7.20. The predicted molar refractivity (Wildman–Crippen MR) is 132 cm³/mol. The number of ether oxygens (including phenoxy) is 2. The minimum Gasteiger partial charge on any atom is -0.465 e. The molecule has 3 aromatic rings. The van der Waals surface area contributed by atoms with Crippen LogP contribution in [0, 0.1) is 6.92 Å². The molecule has 0 aliphatic carbocycles. The van der Waals surface area contributed by atoms with Crippen molar-refractivity contribution < 1.29 is 23.9 Å². The van der Waals surface area contributed by atoms with Crippen LogP contribution in [0.3, 0.4) is 0 Å². The van der Waals surface area contributed by atoms with E-state index in [-0.39, 0.29) is 23.6 Å². The average Bonchev–Trinajstić information content (AvgIpc) is 3.02. The van der Waals surface area contributed by atoms with Gasteiger partial charge in [0, 0.05) is 18.7 Å². The molecule has 184 valence electrons. The number of hydrogen-bond donors (Lipinski definition) is 0. The van der Waals surface area contributed by atoms with Gasteiger partial charge in [0.25, 0.3) is 11.5 Å². The molecule has 10 heteroatoms. The first-order valence-electron chi connectivity index (χ1n) is 11.6. The number of anilines is 1. The summed E-state index contributed by atoms with van der Waals surface area (Å²) in [5, 5.41) is 0.423. The highest BCUT2D eigenvalue weighted by Crippen LogP contribution is 2.29. The van der Waals surface area contributed by atoms with Gasteiger partial charge < -0.3 is 9.47 Å². The number of esters is 2. The molecule has 3 heterocycles. The maximum absolute atomic E-state index is 13.1.